The van der Waals surface area contributed by atoms with Gasteiger partial charge in [-0.15, -0.1) is 0 Å². The number of carbonyl (C=O) groups excluding carboxylic acids is 4. The Kier molecular flexibility index (Phi) is 3.19. The Bertz CT molecular complexity index is 782. The molecule has 1 aromatic rings. The quantitative estimate of drug-likeness (QED) is 0.801. The van der Waals surface area contributed by atoms with E-state index in [1.165, 1.54) is 0 Å². The van der Waals surface area contributed by atoms with Crippen molar-refractivity contribution in [3.8, 4) is 0 Å². The van der Waals surface area contributed by atoms with Gasteiger partial charge < -0.3 is 4.90 Å². The average molecular weight is 327 g/mol. The summed E-state index contributed by atoms with van der Waals surface area (Å²) < 4.78 is 0. The van der Waals surface area contributed by atoms with Gasteiger partial charge in [-0.3, -0.25) is 29.4 Å². The molecule has 1 unspecified atom stereocenters. The first-order valence-electron chi connectivity index (χ1n) is 8.07. The molecular formula is C17H17N3O4. The second-order valence-electron chi connectivity index (χ2n) is 6.66. The topological polar surface area (TPSA) is 86.8 Å². The molecule has 7 heteroatoms. The normalized spacial score (nSPS) is 24.1. The van der Waals surface area contributed by atoms with E-state index in [1.54, 1.807) is 12.1 Å². The van der Waals surface area contributed by atoms with E-state index in [0.29, 0.717) is 17.0 Å². The van der Waals surface area contributed by atoms with Crippen LogP contribution in [0.5, 0.6) is 0 Å². The van der Waals surface area contributed by atoms with Crippen LogP contribution in [0.3, 0.4) is 0 Å². The summed E-state index contributed by atoms with van der Waals surface area (Å²) in [6.45, 7) is 3.81. The molecule has 4 amide bonds. The lowest BCUT2D eigenvalue weighted by atomic mass is 9.98. The van der Waals surface area contributed by atoms with Gasteiger partial charge in [0.05, 0.1) is 16.8 Å². The zero-order valence-electron chi connectivity index (χ0n) is 13.2. The molecule has 7 nitrogen and oxygen atoms in total. The van der Waals surface area contributed by atoms with Gasteiger partial charge in [-0.05, 0) is 24.5 Å². The van der Waals surface area contributed by atoms with E-state index >= 15 is 0 Å². The van der Waals surface area contributed by atoms with E-state index in [2.05, 4.69) is 17.1 Å². The Morgan fingerprint density at radius 2 is 1.83 bits per heavy atom. The molecule has 0 spiro atoms. The highest BCUT2D eigenvalue weighted by Crippen LogP contribution is 2.36. The molecule has 1 aromatic carbocycles. The van der Waals surface area contributed by atoms with Crippen LogP contribution in [0.1, 0.15) is 40.5 Å². The molecule has 3 aliphatic heterocycles. The van der Waals surface area contributed by atoms with Crippen LogP contribution in [0.15, 0.2) is 18.2 Å². The number of nitrogens with zero attached hydrogens (tertiary/aromatic N) is 2. The van der Waals surface area contributed by atoms with Crippen LogP contribution in [0, 0.1) is 5.92 Å². The van der Waals surface area contributed by atoms with Crippen LogP contribution in [-0.2, 0) is 9.59 Å². The van der Waals surface area contributed by atoms with E-state index in [0.717, 1.165) is 23.7 Å². The van der Waals surface area contributed by atoms with Gasteiger partial charge in [-0.1, -0.05) is 13.0 Å². The van der Waals surface area contributed by atoms with Gasteiger partial charge in [0, 0.05) is 19.5 Å². The minimum Gasteiger partial charge on any atom is -0.370 e. The summed E-state index contributed by atoms with van der Waals surface area (Å²) in [5.41, 5.74) is 1.46. The van der Waals surface area contributed by atoms with Crippen molar-refractivity contribution in [2.45, 2.75) is 25.8 Å². The number of nitrogens with one attached hydrogen (secondary N) is 1. The fraction of sp³-hybridized carbons (Fsp3) is 0.412. The molecule has 24 heavy (non-hydrogen) atoms. The molecule has 0 saturated carbocycles. The standard InChI is InChI=1S/C17H17N3O4/c1-9-7-19(8-9)11-4-2-3-10-14(11)17(24)20(16(10)23)12-5-6-13(21)18-15(12)22/h2-4,9,12H,5-8H2,1H3,(H,18,21,22). The van der Waals surface area contributed by atoms with Gasteiger partial charge >= 0.3 is 0 Å². The number of benzene rings is 1. The monoisotopic (exact) mass is 327 g/mol. The van der Waals surface area contributed by atoms with Gasteiger partial charge in [-0.25, -0.2) is 0 Å². The maximum Gasteiger partial charge on any atom is 0.264 e. The summed E-state index contributed by atoms with van der Waals surface area (Å²) in [7, 11) is 0. The third kappa shape index (κ3) is 2.04. The average Bonchev–Trinajstić information content (AvgIpc) is 2.77. The smallest absolute Gasteiger partial charge is 0.264 e. The third-order valence-electron chi connectivity index (χ3n) is 4.85. The number of amides is 4. The summed E-state index contributed by atoms with van der Waals surface area (Å²) >= 11 is 0. The summed E-state index contributed by atoms with van der Waals surface area (Å²) in [5.74, 6) is -1.30. The molecule has 0 radical (unpaired) electrons. The number of carbonyl (C=O) groups is 4. The molecule has 0 bridgehead atoms. The second kappa shape index (κ2) is 5.15. The molecule has 0 aromatic heterocycles. The van der Waals surface area contributed by atoms with Crippen LogP contribution in [0.25, 0.3) is 0 Å². The SMILES string of the molecule is CC1CN(c2cccc3c2C(=O)N(C2CCC(=O)NC2=O)C3=O)C1. The number of imide groups is 2. The van der Waals surface area contributed by atoms with Crippen molar-refractivity contribution in [2.24, 2.45) is 5.92 Å². The Morgan fingerprint density at radius 1 is 1.08 bits per heavy atom. The van der Waals surface area contributed by atoms with Crippen LogP contribution >= 0.6 is 0 Å². The van der Waals surface area contributed by atoms with Crippen molar-refractivity contribution >= 4 is 29.3 Å². The lowest BCUT2D eigenvalue weighted by Gasteiger charge is -2.40. The van der Waals surface area contributed by atoms with Crippen molar-refractivity contribution in [1.29, 1.82) is 0 Å². The van der Waals surface area contributed by atoms with E-state index in [9.17, 15) is 19.2 Å². The summed E-state index contributed by atoms with van der Waals surface area (Å²) in [6, 6.07) is 4.30. The number of anilines is 1. The molecule has 0 aliphatic carbocycles. The molecule has 3 aliphatic rings. The van der Waals surface area contributed by atoms with Crippen molar-refractivity contribution < 1.29 is 19.2 Å². The van der Waals surface area contributed by atoms with Crippen LogP contribution < -0.4 is 10.2 Å². The minimum atomic E-state index is -0.918. The predicted octanol–water partition coefficient (Wildman–Crippen LogP) is 0.544. The zero-order valence-corrected chi connectivity index (χ0v) is 13.2. The van der Waals surface area contributed by atoms with Crippen molar-refractivity contribution in [2.75, 3.05) is 18.0 Å². The second-order valence-corrected chi connectivity index (χ2v) is 6.66. The van der Waals surface area contributed by atoms with E-state index in [-0.39, 0.29) is 18.7 Å². The highest BCUT2D eigenvalue weighted by Gasteiger charge is 2.46. The van der Waals surface area contributed by atoms with E-state index < -0.39 is 23.8 Å². The molecule has 124 valence electrons. The van der Waals surface area contributed by atoms with Crippen LogP contribution in [-0.4, -0.2) is 47.7 Å². The number of hydrogen-bond acceptors (Lipinski definition) is 5. The predicted molar refractivity (Wildman–Crippen MR) is 84.5 cm³/mol. The summed E-state index contributed by atoms with van der Waals surface area (Å²) in [5, 5.41) is 2.21. The van der Waals surface area contributed by atoms with Crippen molar-refractivity contribution in [3.63, 3.8) is 0 Å². The summed E-state index contributed by atoms with van der Waals surface area (Å²) in [4.78, 5) is 52.1. The molecule has 1 atom stereocenters. The zero-order chi connectivity index (χ0) is 17.0. The lowest BCUT2D eigenvalue weighted by Crippen LogP contribution is -2.54. The van der Waals surface area contributed by atoms with Crippen LogP contribution in [0.4, 0.5) is 5.69 Å². The first kappa shape index (κ1) is 14.9. The fourth-order valence-corrected chi connectivity index (χ4v) is 3.66. The Balaban J connectivity index is 1.70. The van der Waals surface area contributed by atoms with Gasteiger partial charge in [0.1, 0.15) is 6.04 Å². The van der Waals surface area contributed by atoms with E-state index in [1.807, 2.05) is 6.07 Å². The molecule has 1 N–H and O–H groups in total. The number of rotatable bonds is 2. The summed E-state index contributed by atoms with van der Waals surface area (Å²) in [6.07, 6.45) is 0.298. The van der Waals surface area contributed by atoms with Gasteiger partial charge in [0.25, 0.3) is 11.8 Å². The molecule has 3 heterocycles. The third-order valence-corrected chi connectivity index (χ3v) is 4.85. The molecule has 2 saturated heterocycles. The van der Waals surface area contributed by atoms with Gasteiger partial charge in [0.15, 0.2) is 0 Å². The Labute approximate surface area is 138 Å². The van der Waals surface area contributed by atoms with Gasteiger partial charge in [0.2, 0.25) is 11.8 Å². The first-order valence-corrected chi connectivity index (χ1v) is 8.07. The molecular weight excluding hydrogens is 310 g/mol. The van der Waals surface area contributed by atoms with E-state index in [4.69, 9.17) is 0 Å². The number of fused-ring (bicyclic) bond motifs is 1. The minimum absolute atomic E-state index is 0.125. The van der Waals surface area contributed by atoms with Gasteiger partial charge in [-0.2, -0.15) is 0 Å². The maximum atomic E-state index is 12.9. The lowest BCUT2D eigenvalue weighted by molar-refractivity contribution is -0.136. The molecule has 4 rings (SSSR count). The maximum absolute atomic E-state index is 12.9. The van der Waals surface area contributed by atoms with Crippen molar-refractivity contribution in [1.82, 2.24) is 10.2 Å². The largest absolute Gasteiger partial charge is 0.370 e. The van der Waals surface area contributed by atoms with Crippen molar-refractivity contribution in [3.05, 3.63) is 29.3 Å². The Morgan fingerprint density at radius 3 is 2.50 bits per heavy atom. The highest BCUT2D eigenvalue weighted by molar-refractivity contribution is 6.25. The number of hydrogen-bond donors (Lipinski definition) is 1. The number of piperidine rings is 1. The first-order chi connectivity index (χ1) is 11.5. The Hall–Kier alpha value is -2.70. The van der Waals surface area contributed by atoms with Crippen LogP contribution in [0.2, 0.25) is 0 Å². The highest BCUT2D eigenvalue weighted by atomic mass is 16.2. The fourth-order valence-electron chi connectivity index (χ4n) is 3.66. The molecule has 2 fully saturated rings.